The van der Waals surface area contributed by atoms with E-state index in [-0.39, 0.29) is 5.91 Å². The molecule has 0 fully saturated rings. The minimum absolute atomic E-state index is 0.211. The molecule has 0 spiro atoms. The number of anilines is 1. The Morgan fingerprint density at radius 3 is 2.60 bits per heavy atom. The standard InChI is InChI=1S/C20H19N7O2S/c1-3-4-16-19(30-26-22-16)20(28)21-14-5-7-15(8-6-14)29-18-10-9-17(23-24-18)27-12-11-13(2)25-27/h5-12H,3-4H2,1-2H3,(H,21,28). The van der Waals surface area contributed by atoms with Crippen LogP contribution in [0.2, 0.25) is 0 Å². The molecule has 1 amide bonds. The van der Waals surface area contributed by atoms with Crippen LogP contribution in [0.25, 0.3) is 5.82 Å². The molecule has 0 saturated carbocycles. The molecular formula is C20H19N7O2S. The second-order valence-corrected chi connectivity index (χ2v) is 7.26. The number of benzene rings is 1. The van der Waals surface area contributed by atoms with Crippen LogP contribution in [-0.2, 0) is 6.42 Å². The Kier molecular flexibility index (Phi) is 5.75. The summed E-state index contributed by atoms with van der Waals surface area (Å²) < 4.78 is 11.3. The lowest BCUT2D eigenvalue weighted by atomic mass is 10.2. The SMILES string of the molecule is CCCc1nnsc1C(=O)Nc1ccc(Oc2ccc(-n3ccc(C)n3)nn2)cc1. The normalized spacial score (nSPS) is 10.7. The smallest absolute Gasteiger partial charge is 0.269 e. The quantitative estimate of drug-likeness (QED) is 0.483. The van der Waals surface area contributed by atoms with E-state index in [4.69, 9.17) is 4.74 Å². The monoisotopic (exact) mass is 421 g/mol. The average Bonchev–Trinajstić information content (AvgIpc) is 3.39. The van der Waals surface area contributed by atoms with Gasteiger partial charge in [-0.3, -0.25) is 4.79 Å². The molecule has 0 aliphatic carbocycles. The summed E-state index contributed by atoms with van der Waals surface area (Å²) in [5.41, 5.74) is 2.28. The first-order valence-electron chi connectivity index (χ1n) is 9.39. The van der Waals surface area contributed by atoms with Gasteiger partial charge in [-0.25, -0.2) is 4.68 Å². The lowest BCUT2D eigenvalue weighted by Gasteiger charge is -2.07. The van der Waals surface area contributed by atoms with Crippen molar-refractivity contribution in [3.63, 3.8) is 0 Å². The highest BCUT2D eigenvalue weighted by Crippen LogP contribution is 2.22. The van der Waals surface area contributed by atoms with Crippen molar-refractivity contribution in [2.75, 3.05) is 5.32 Å². The third kappa shape index (κ3) is 4.49. The van der Waals surface area contributed by atoms with Gasteiger partial charge < -0.3 is 10.1 Å². The highest BCUT2D eigenvalue weighted by Gasteiger charge is 2.15. The van der Waals surface area contributed by atoms with Crippen molar-refractivity contribution < 1.29 is 9.53 Å². The van der Waals surface area contributed by atoms with Gasteiger partial charge in [0, 0.05) is 18.0 Å². The fourth-order valence-corrected chi connectivity index (χ4v) is 3.33. The maximum Gasteiger partial charge on any atom is 0.269 e. The fourth-order valence-electron chi connectivity index (χ4n) is 2.73. The van der Waals surface area contributed by atoms with E-state index in [9.17, 15) is 4.79 Å². The number of nitrogens with one attached hydrogen (secondary N) is 1. The summed E-state index contributed by atoms with van der Waals surface area (Å²) in [5.74, 6) is 1.33. The molecule has 1 aromatic carbocycles. The van der Waals surface area contributed by atoms with E-state index in [1.54, 1.807) is 41.1 Å². The number of aryl methyl sites for hydroxylation is 2. The molecule has 4 aromatic rings. The molecule has 0 atom stereocenters. The Morgan fingerprint density at radius 2 is 1.93 bits per heavy atom. The molecule has 10 heteroatoms. The van der Waals surface area contributed by atoms with E-state index in [0.717, 1.165) is 35.8 Å². The minimum Gasteiger partial charge on any atom is -0.438 e. The van der Waals surface area contributed by atoms with Gasteiger partial charge in [0.25, 0.3) is 5.91 Å². The fraction of sp³-hybridized carbons (Fsp3) is 0.200. The highest BCUT2D eigenvalue weighted by atomic mass is 32.1. The Hall–Kier alpha value is -3.66. The number of hydrogen-bond acceptors (Lipinski definition) is 8. The molecule has 3 heterocycles. The van der Waals surface area contributed by atoms with Crippen molar-refractivity contribution in [1.29, 1.82) is 0 Å². The largest absolute Gasteiger partial charge is 0.438 e. The number of carbonyl (C=O) groups is 1. The van der Waals surface area contributed by atoms with Crippen LogP contribution in [0, 0.1) is 6.92 Å². The van der Waals surface area contributed by atoms with Gasteiger partial charge in [0.1, 0.15) is 10.6 Å². The van der Waals surface area contributed by atoms with E-state index in [2.05, 4.69) is 30.2 Å². The summed E-state index contributed by atoms with van der Waals surface area (Å²) in [4.78, 5) is 13.0. The van der Waals surface area contributed by atoms with Gasteiger partial charge in [-0.15, -0.1) is 15.3 Å². The van der Waals surface area contributed by atoms with Crippen molar-refractivity contribution in [2.45, 2.75) is 26.7 Å². The van der Waals surface area contributed by atoms with Crippen molar-refractivity contribution >= 4 is 23.1 Å². The lowest BCUT2D eigenvalue weighted by Crippen LogP contribution is -2.12. The number of rotatable bonds is 7. The molecule has 152 valence electrons. The maximum atomic E-state index is 12.5. The summed E-state index contributed by atoms with van der Waals surface area (Å²) in [6.45, 7) is 3.95. The third-order valence-corrected chi connectivity index (χ3v) is 4.93. The van der Waals surface area contributed by atoms with Crippen molar-refractivity contribution in [2.24, 2.45) is 0 Å². The van der Waals surface area contributed by atoms with Crippen LogP contribution < -0.4 is 10.1 Å². The van der Waals surface area contributed by atoms with Gasteiger partial charge >= 0.3 is 0 Å². The zero-order valence-corrected chi connectivity index (χ0v) is 17.3. The molecule has 30 heavy (non-hydrogen) atoms. The third-order valence-electron chi connectivity index (χ3n) is 4.17. The zero-order valence-electron chi connectivity index (χ0n) is 16.4. The molecule has 9 nitrogen and oxygen atoms in total. The minimum atomic E-state index is -0.211. The summed E-state index contributed by atoms with van der Waals surface area (Å²) in [6.07, 6.45) is 3.45. The second kappa shape index (κ2) is 8.78. The number of amides is 1. The van der Waals surface area contributed by atoms with Gasteiger partial charge in [0.2, 0.25) is 5.88 Å². The van der Waals surface area contributed by atoms with E-state index in [0.29, 0.717) is 28.0 Å². The number of aromatic nitrogens is 6. The number of hydrogen-bond donors (Lipinski definition) is 1. The molecule has 0 unspecified atom stereocenters. The van der Waals surface area contributed by atoms with Crippen LogP contribution in [0.3, 0.4) is 0 Å². The zero-order chi connectivity index (χ0) is 20.9. The molecule has 1 N–H and O–H groups in total. The van der Waals surface area contributed by atoms with Gasteiger partial charge in [-0.1, -0.05) is 17.8 Å². The maximum absolute atomic E-state index is 12.5. The first-order chi connectivity index (χ1) is 14.6. The highest BCUT2D eigenvalue weighted by molar-refractivity contribution is 7.08. The predicted octanol–water partition coefficient (Wildman–Crippen LogP) is 3.82. The van der Waals surface area contributed by atoms with E-state index in [1.807, 2.05) is 26.1 Å². The van der Waals surface area contributed by atoms with E-state index >= 15 is 0 Å². The van der Waals surface area contributed by atoms with E-state index in [1.165, 1.54) is 0 Å². The Bertz CT molecular complexity index is 1140. The first kappa shape index (κ1) is 19.6. The van der Waals surface area contributed by atoms with Gasteiger partial charge in [0.05, 0.1) is 11.4 Å². The number of carbonyl (C=O) groups excluding carboxylic acids is 1. The summed E-state index contributed by atoms with van der Waals surface area (Å²) in [5, 5.41) is 19.4. The molecule has 0 bridgehead atoms. The second-order valence-electron chi connectivity index (χ2n) is 6.51. The molecular weight excluding hydrogens is 402 g/mol. The lowest BCUT2D eigenvalue weighted by molar-refractivity contribution is 0.102. The molecule has 0 aliphatic heterocycles. The Morgan fingerprint density at radius 1 is 1.10 bits per heavy atom. The van der Waals surface area contributed by atoms with Crippen LogP contribution in [0.4, 0.5) is 5.69 Å². The number of ether oxygens (including phenoxy) is 1. The van der Waals surface area contributed by atoms with Gasteiger partial charge in [-0.05, 0) is 61.3 Å². The first-order valence-corrected chi connectivity index (χ1v) is 10.2. The molecule has 4 rings (SSSR count). The summed E-state index contributed by atoms with van der Waals surface area (Å²) in [6, 6.07) is 12.4. The average molecular weight is 421 g/mol. The predicted molar refractivity (Wildman–Crippen MR) is 112 cm³/mol. The van der Waals surface area contributed by atoms with Gasteiger partial charge in [0.15, 0.2) is 5.82 Å². The van der Waals surface area contributed by atoms with Crippen LogP contribution in [0.1, 0.15) is 34.4 Å². The van der Waals surface area contributed by atoms with E-state index < -0.39 is 0 Å². The van der Waals surface area contributed by atoms with Gasteiger partial charge in [-0.2, -0.15) is 5.10 Å². The van der Waals surface area contributed by atoms with Crippen LogP contribution >= 0.6 is 11.5 Å². The van der Waals surface area contributed by atoms with Crippen molar-refractivity contribution in [3.05, 3.63) is 64.9 Å². The van der Waals surface area contributed by atoms with Crippen LogP contribution in [0.5, 0.6) is 11.6 Å². The molecule has 0 aliphatic rings. The topological polar surface area (TPSA) is 108 Å². The van der Waals surface area contributed by atoms with Crippen LogP contribution in [0.15, 0.2) is 48.7 Å². The molecule has 0 radical (unpaired) electrons. The van der Waals surface area contributed by atoms with Crippen LogP contribution in [-0.4, -0.2) is 35.5 Å². The Labute approximate surface area is 176 Å². The summed E-state index contributed by atoms with van der Waals surface area (Å²) in [7, 11) is 0. The molecule has 0 saturated heterocycles. The Balaban J connectivity index is 1.39. The van der Waals surface area contributed by atoms with Crippen molar-refractivity contribution in [1.82, 2.24) is 29.6 Å². The van der Waals surface area contributed by atoms with Crippen molar-refractivity contribution in [3.8, 4) is 17.4 Å². The number of nitrogens with zero attached hydrogens (tertiary/aromatic N) is 6. The molecule has 3 aromatic heterocycles. The summed E-state index contributed by atoms with van der Waals surface area (Å²) >= 11 is 1.10.